The number of nitrogens with zero attached hydrogens (tertiary/aromatic N) is 2. The van der Waals surface area contributed by atoms with Crippen molar-refractivity contribution < 1.29 is 13.2 Å². The third-order valence-corrected chi connectivity index (χ3v) is 7.70. The minimum Gasteiger partial charge on any atom is -0.340 e. The minimum absolute atomic E-state index is 0.166. The highest BCUT2D eigenvalue weighted by Gasteiger charge is 2.30. The van der Waals surface area contributed by atoms with Crippen LogP contribution in [0.2, 0.25) is 5.02 Å². The van der Waals surface area contributed by atoms with Crippen LogP contribution >= 0.6 is 11.6 Å². The molecular formula is C19H27ClN2O3S. The average Bonchev–Trinajstić information content (AvgIpc) is 2.67. The zero-order chi connectivity index (χ0) is 18.6. The molecule has 0 unspecified atom stereocenters. The first kappa shape index (κ1) is 19.6. The lowest BCUT2D eigenvalue weighted by atomic mass is 9.86. The third-order valence-electron chi connectivity index (χ3n) is 5.53. The summed E-state index contributed by atoms with van der Waals surface area (Å²) in [5.74, 6) is 0.860. The summed E-state index contributed by atoms with van der Waals surface area (Å²) in [6.45, 7) is 1.63. The number of benzene rings is 1. The molecule has 5 nitrogen and oxygen atoms in total. The van der Waals surface area contributed by atoms with Crippen molar-refractivity contribution in [2.24, 2.45) is 5.92 Å². The van der Waals surface area contributed by atoms with Gasteiger partial charge in [0.05, 0.1) is 4.90 Å². The molecule has 0 bridgehead atoms. The van der Waals surface area contributed by atoms with Crippen LogP contribution in [0, 0.1) is 5.92 Å². The topological polar surface area (TPSA) is 57.7 Å². The number of hydrogen-bond acceptors (Lipinski definition) is 3. The summed E-state index contributed by atoms with van der Waals surface area (Å²) in [5.41, 5.74) is 0. The molecule has 1 aromatic carbocycles. The maximum Gasteiger partial charge on any atom is 0.243 e. The molecule has 144 valence electrons. The molecular weight excluding hydrogens is 372 g/mol. The zero-order valence-electron chi connectivity index (χ0n) is 15.1. The van der Waals surface area contributed by atoms with E-state index < -0.39 is 10.0 Å². The normalized spacial score (nSPS) is 20.3. The summed E-state index contributed by atoms with van der Waals surface area (Å²) in [4.78, 5) is 14.5. The van der Waals surface area contributed by atoms with Crippen LogP contribution in [0.3, 0.4) is 0 Å². The van der Waals surface area contributed by atoms with Gasteiger partial charge in [-0.1, -0.05) is 43.7 Å². The quantitative estimate of drug-likeness (QED) is 0.762. The summed E-state index contributed by atoms with van der Waals surface area (Å²) in [6, 6.07) is 6.22. The fraction of sp³-hybridized carbons (Fsp3) is 0.632. The number of carbonyl (C=O) groups is 1. The maximum absolute atomic E-state index is 12.7. The minimum atomic E-state index is -3.52. The molecule has 1 saturated carbocycles. The number of piperazine rings is 1. The molecule has 1 aliphatic carbocycles. The van der Waals surface area contributed by atoms with Crippen molar-refractivity contribution in [3.63, 3.8) is 0 Å². The number of sulfonamides is 1. The number of halogens is 1. The molecule has 3 rings (SSSR count). The van der Waals surface area contributed by atoms with Gasteiger partial charge in [-0.05, 0) is 36.6 Å². The summed E-state index contributed by atoms with van der Waals surface area (Å²) >= 11 is 5.83. The zero-order valence-corrected chi connectivity index (χ0v) is 16.6. The van der Waals surface area contributed by atoms with Crippen molar-refractivity contribution in [3.8, 4) is 0 Å². The highest BCUT2D eigenvalue weighted by Crippen LogP contribution is 2.27. The lowest BCUT2D eigenvalue weighted by molar-refractivity contribution is -0.132. The van der Waals surface area contributed by atoms with E-state index in [0.717, 1.165) is 6.42 Å². The molecule has 2 aliphatic rings. The molecule has 7 heteroatoms. The van der Waals surface area contributed by atoms with Crippen molar-refractivity contribution in [2.45, 2.75) is 49.8 Å². The largest absolute Gasteiger partial charge is 0.340 e. The Morgan fingerprint density at radius 2 is 1.62 bits per heavy atom. The third kappa shape index (κ3) is 4.78. The molecule has 1 heterocycles. The molecule has 1 aliphatic heterocycles. The van der Waals surface area contributed by atoms with E-state index in [-0.39, 0.29) is 10.8 Å². The van der Waals surface area contributed by atoms with Crippen molar-refractivity contribution >= 4 is 27.5 Å². The van der Waals surface area contributed by atoms with Crippen molar-refractivity contribution in [3.05, 3.63) is 29.3 Å². The van der Waals surface area contributed by atoms with Crippen LogP contribution in [0.5, 0.6) is 0 Å². The number of rotatable bonds is 5. The Balaban J connectivity index is 1.50. The van der Waals surface area contributed by atoms with Gasteiger partial charge in [0.25, 0.3) is 0 Å². The lowest BCUT2D eigenvalue weighted by Gasteiger charge is -2.34. The van der Waals surface area contributed by atoms with E-state index in [1.54, 1.807) is 12.1 Å². The summed E-state index contributed by atoms with van der Waals surface area (Å²) in [6.07, 6.45) is 7.98. The van der Waals surface area contributed by atoms with E-state index in [2.05, 4.69) is 0 Å². The van der Waals surface area contributed by atoms with E-state index in [9.17, 15) is 13.2 Å². The van der Waals surface area contributed by atoms with Crippen LogP contribution < -0.4 is 0 Å². The van der Waals surface area contributed by atoms with E-state index in [4.69, 9.17) is 11.6 Å². The van der Waals surface area contributed by atoms with Gasteiger partial charge in [-0.25, -0.2) is 8.42 Å². The monoisotopic (exact) mass is 398 g/mol. The molecule has 0 aromatic heterocycles. The highest BCUT2D eigenvalue weighted by atomic mass is 35.5. The summed E-state index contributed by atoms with van der Waals surface area (Å²) < 4.78 is 26.8. The molecule has 26 heavy (non-hydrogen) atoms. The van der Waals surface area contributed by atoms with Crippen LogP contribution in [-0.4, -0.2) is 49.7 Å². The van der Waals surface area contributed by atoms with Crippen LogP contribution in [0.1, 0.15) is 44.9 Å². The van der Waals surface area contributed by atoms with Crippen LogP contribution in [0.4, 0.5) is 0 Å². The van der Waals surface area contributed by atoms with E-state index in [1.165, 1.54) is 48.5 Å². The fourth-order valence-corrected chi connectivity index (χ4v) is 5.44. The standard InChI is InChI=1S/C19H27ClN2O3S/c20-17-7-9-18(10-8-17)26(24,25)22-14-12-21(13-15-22)19(23)11-6-16-4-2-1-3-5-16/h7-10,16H,1-6,11-15H2. The number of amides is 1. The Bertz CT molecular complexity index is 707. The molecule has 1 aromatic rings. The van der Waals surface area contributed by atoms with Crippen molar-refractivity contribution in [2.75, 3.05) is 26.2 Å². The predicted molar refractivity (Wildman–Crippen MR) is 103 cm³/mol. The van der Waals surface area contributed by atoms with E-state index in [1.807, 2.05) is 4.90 Å². The first-order valence-electron chi connectivity index (χ1n) is 9.50. The molecule has 0 atom stereocenters. The van der Waals surface area contributed by atoms with Gasteiger partial charge < -0.3 is 4.90 Å². The summed E-state index contributed by atoms with van der Waals surface area (Å²) in [7, 11) is -3.52. The Kier molecular flexibility index (Phi) is 6.59. The van der Waals surface area contributed by atoms with Gasteiger partial charge in [-0.15, -0.1) is 0 Å². The SMILES string of the molecule is O=C(CCC1CCCCC1)N1CCN(S(=O)(=O)c2ccc(Cl)cc2)CC1. The van der Waals surface area contributed by atoms with Gasteiger partial charge in [0.15, 0.2) is 0 Å². The predicted octanol–water partition coefficient (Wildman–Crippen LogP) is 3.53. The smallest absolute Gasteiger partial charge is 0.243 e. The van der Waals surface area contributed by atoms with Gasteiger partial charge in [0.2, 0.25) is 15.9 Å². The molecule has 1 amide bonds. The van der Waals surface area contributed by atoms with Crippen molar-refractivity contribution in [1.82, 2.24) is 9.21 Å². The molecule has 2 fully saturated rings. The van der Waals surface area contributed by atoms with Gasteiger partial charge in [-0.2, -0.15) is 4.31 Å². The van der Waals surface area contributed by atoms with Crippen LogP contribution in [-0.2, 0) is 14.8 Å². The van der Waals surface area contributed by atoms with E-state index in [0.29, 0.717) is 43.5 Å². The average molecular weight is 399 g/mol. The molecule has 0 spiro atoms. The Labute approximate surface area is 161 Å². The van der Waals surface area contributed by atoms with Gasteiger partial charge in [-0.3, -0.25) is 4.79 Å². The second-order valence-corrected chi connectivity index (χ2v) is 9.66. The Morgan fingerprint density at radius 1 is 1.00 bits per heavy atom. The summed E-state index contributed by atoms with van der Waals surface area (Å²) in [5, 5.41) is 0.511. The lowest BCUT2D eigenvalue weighted by Crippen LogP contribution is -2.50. The Morgan fingerprint density at radius 3 is 2.23 bits per heavy atom. The fourth-order valence-electron chi connectivity index (χ4n) is 3.90. The van der Waals surface area contributed by atoms with Gasteiger partial charge in [0.1, 0.15) is 0 Å². The maximum atomic E-state index is 12.7. The molecule has 1 saturated heterocycles. The second-order valence-electron chi connectivity index (χ2n) is 7.28. The first-order chi connectivity index (χ1) is 12.5. The highest BCUT2D eigenvalue weighted by molar-refractivity contribution is 7.89. The second kappa shape index (κ2) is 8.72. The van der Waals surface area contributed by atoms with E-state index >= 15 is 0 Å². The van der Waals surface area contributed by atoms with Crippen molar-refractivity contribution in [1.29, 1.82) is 0 Å². The first-order valence-corrected chi connectivity index (χ1v) is 11.3. The Hall–Kier alpha value is -1.11. The van der Waals surface area contributed by atoms with Gasteiger partial charge in [0, 0.05) is 37.6 Å². The number of hydrogen-bond donors (Lipinski definition) is 0. The molecule has 0 radical (unpaired) electrons. The van der Waals surface area contributed by atoms with Crippen LogP contribution in [0.25, 0.3) is 0 Å². The molecule has 0 N–H and O–H groups in total. The van der Waals surface area contributed by atoms with Crippen LogP contribution in [0.15, 0.2) is 29.2 Å². The number of carbonyl (C=O) groups excluding carboxylic acids is 1. The van der Waals surface area contributed by atoms with Gasteiger partial charge >= 0.3 is 0 Å².